The van der Waals surface area contributed by atoms with Crippen molar-refractivity contribution in [3.05, 3.63) is 74.6 Å². The number of aromatic amines is 1. The van der Waals surface area contributed by atoms with Gasteiger partial charge in [0.1, 0.15) is 22.9 Å². The molecule has 0 bridgehead atoms. The number of nitrogens with one attached hydrogen (secondary N) is 1. The molecule has 3 heterocycles. The first-order valence-electron chi connectivity index (χ1n) is 10.7. The summed E-state index contributed by atoms with van der Waals surface area (Å²) < 4.78 is 24.8. The summed E-state index contributed by atoms with van der Waals surface area (Å²) in [6, 6.07) is 8.29. The van der Waals surface area contributed by atoms with Crippen LogP contribution in [-0.2, 0) is 0 Å². The zero-order valence-corrected chi connectivity index (χ0v) is 18.3. The molecule has 1 N–H and O–H groups in total. The lowest BCUT2D eigenvalue weighted by Gasteiger charge is -2.29. The zero-order chi connectivity index (χ0) is 23.1. The number of anilines is 1. The van der Waals surface area contributed by atoms with Gasteiger partial charge in [-0.1, -0.05) is 6.08 Å². The van der Waals surface area contributed by atoms with E-state index in [1.54, 1.807) is 26.3 Å². The number of halogens is 1. The van der Waals surface area contributed by atoms with Gasteiger partial charge in [0, 0.05) is 35.9 Å². The highest BCUT2D eigenvalue weighted by atomic mass is 19.1. The first kappa shape index (κ1) is 20.9. The summed E-state index contributed by atoms with van der Waals surface area (Å²) in [5.74, 6) is 0.409. The molecule has 0 atom stereocenters. The Balaban J connectivity index is 1.48. The van der Waals surface area contributed by atoms with Crippen LogP contribution in [0.1, 0.15) is 19.0 Å². The van der Waals surface area contributed by atoms with E-state index < -0.39 is 10.9 Å². The van der Waals surface area contributed by atoms with Crippen LogP contribution in [0.25, 0.3) is 27.7 Å². The normalized spacial score (nSPS) is 14.0. The highest BCUT2D eigenvalue weighted by Gasteiger charge is 2.28. The van der Waals surface area contributed by atoms with Gasteiger partial charge in [0.2, 0.25) is 0 Å². The molecular formula is C25H22FN3O4. The lowest BCUT2D eigenvalue weighted by molar-refractivity contribution is 0.333. The van der Waals surface area contributed by atoms with Gasteiger partial charge in [0.25, 0.3) is 10.9 Å². The van der Waals surface area contributed by atoms with Gasteiger partial charge in [-0.3, -0.25) is 9.59 Å². The van der Waals surface area contributed by atoms with Gasteiger partial charge in [0.05, 0.1) is 13.7 Å². The van der Waals surface area contributed by atoms with Crippen LogP contribution < -0.4 is 25.2 Å². The predicted octanol–water partition coefficient (Wildman–Crippen LogP) is 3.67. The number of benzene rings is 1. The molecule has 0 aliphatic carbocycles. The quantitative estimate of drug-likeness (QED) is 0.454. The summed E-state index contributed by atoms with van der Waals surface area (Å²) in [7, 11) is 1.56. The van der Waals surface area contributed by atoms with Crippen LogP contribution in [0, 0.1) is 5.82 Å². The number of rotatable bonds is 6. The first-order chi connectivity index (χ1) is 16.0. The summed E-state index contributed by atoms with van der Waals surface area (Å²) >= 11 is 0. The monoisotopic (exact) mass is 447 g/mol. The third kappa shape index (κ3) is 3.47. The van der Waals surface area contributed by atoms with Crippen molar-refractivity contribution in [3.63, 3.8) is 0 Å². The number of aromatic nitrogens is 2. The molecule has 0 spiro atoms. The van der Waals surface area contributed by atoms with Crippen molar-refractivity contribution < 1.29 is 13.9 Å². The van der Waals surface area contributed by atoms with E-state index in [1.807, 2.05) is 23.1 Å². The molecule has 8 heteroatoms. The Morgan fingerprint density at radius 2 is 2.00 bits per heavy atom. The lowest BCUT2D eigenvalue weighted by atomic mass is 10.0. The fraction of sp³-hybridized carbons (Fsp3) is 0.240. The van der Waals surface area contributed by atoms with Crippen LogP contribution in [0.2, 0.25) is 0 Å². The molecule has 5 rings (SSSR count). The number of ether oxygens (including phenoxy) is 2. The van der Waals surface area contributed by atoms with Crippen LogP contribution in [0.4, 0.5) is 10.1 Å². The third-order valence-corrected chi connectivity index (χ3v) is 5.99. The summed E-state index contributed by atoms with van der Waals surface area (Å²) in [5.41, 5.74) is 3.49. The van der Waals surface area contributed by atoms with Crippen LogP contribution in [0.5, 0.6) is 11.5 Å². The first-order valence-corrected chi connectivity index (χ1v) is 10.7. The summed E-state index contributed by atoms with van der Waals surface area (Å²) in [6.45, 7) is 3.21. The molecule has 0 saturated heterocycles. The average Bonchev–Trinajstić information content (AvgIpc) is 3.28. The van der Waals surface area contributed by atoms with Gasteiger partial charge in [-0.05, 0) is 54.8 Å². The summed E-state index contributed by atoms with van der Waals surface area (Å²) in [4.78, 5) is 33.5. The number of methoxy groups -OCH3 is 1. The van der Waals surface area contributed by atoms with Crippen molar-refractivity contribution in [3.8, 4) is 22.6 Å². The van der Waals surface area contributed by atoms with E-state index in [0.29, 0.717) is 48.8 Å². The highest BCUT2D eigenvalue weighted by Crippen LogP contribution is 2.37. The maximum absolute atomic E-state index is 14.0. The number of fused-ring (bicyclic) bond motifs is 1. The number of pyridine rings is 1. The maximum atomic E-state index is 14.0. The molecule has 7 nitrogen and oxygen atoms in total. The van der Waals surface area contributed by atoms with Gasteiger partial charge in [-0.15, -0.1) is 0 Å². The Morgan fingerprint density at radius 3 is 2.73 bits per heavy atom. The van der Waals surface area contributed by atoms with Crippen molar-refractivity contribution in [1.82, 2.24) is 9.97 Å². The van der Waals surface area contributed by atoms with Crippen molar-refractivity contribution in [2.24, 2.45) is 0 Å². The van der Waals surface area contributed by atoms with Gasteiger partial charge < -0.3 is 19.4 Å². The van der Waals surface area contributed by atoms with Crippen LogP contribution >= 0.6 is 0 Å². The third-order valence-electron chi connectivity index (χ3n) is 5.99. The van der Waals surface area contributed by atoms with E-state index in [9.17, 15) is 14.0 Å². The van der Waals surface area contributed by atoms with Crippen LogP contribution in [0.15, 0.2) is 52.2 Å². The van der Waals surface area contributed by atoms with E-state index in [2.05, 4.69) is 9.97 Å². The second-order valence-electron chi connectivity index (χ2n) is 7.84. The molecule has 168 valence electrons. The Bertz CT molecular complexity index is 1460. The van der Waals surface area contributed by atoms with E-state index in [1.165, 1.54) is 12.1 Å². The largest absolute Gasteiger partial charge is 0.496 e. The van der Waals surface area contributed by atoms with Crippen molar-refractivity contribution in [2.75, 3.05) is 31.7 Å². The molecule has 0 radical (unpaired) electrons. The molecule has 0 fully saturated rings. The zero-order valence-electron chi connectivity index (χ0n) is 18.3. The molecule has 4 aromatic rings. The second kappa shape index (κ2) is 8.20. The van der Waals surface area contributed by atoms with Gasteiger partial charge in [-0.25, -0.2) is 9.37 Å². The van der Waals surface area contributed by atoms with Crippen molar-refractivity contribution in [2.45, 2.75) is 13.3 Å². The molecule has 1 aliphatic heterocycles. The molecule has 2 aromatic carbocycles. The standard InChI is InChI=1S/C25H22FN3O4/c1-3-33-24-21(22(30)23(24)31)29-10-7-14(8-11-29)19-13-18-16(6-9-27-25(18)28-19)17-12-15(26)4-5-20(17)32-2/h4-7,9,12-13H,3,8,10-11H2,1-2H3,(H,27,28). The topological polar surface area (TPSA) is 84.5 Å². The van der Waals surface area contributed by atoms with Gasteiger partial charge >= 0.3 is 0 Å². The summed E-state index contributed by atoms with van der Waals surface area (Å²) in [5, 5.41) is 0.862. The number of hydrogen-bond acceptors (Lipinski definition) is 6. The van der Waals surface area contributed by atoms with Gasteiger partial charge in [-0.2, -0.15) is 0 Å². The predicted molar refractivity (Wildman–Crippen MR) is 125 cm³/mol. The molecule has 0 amide bonds. The van der Waals surface area contributed by atoms with Gasteiger partial charge in [0.15, 0.2) is 5.75 Å². The van der Waals surface area contributed by atoms with Crippen molar-refractivity contribution in [1.29, 1.82) is 0 Å². The average molecular weight is 447 g/mol. The van der Waals surface area contributed by atoms with Crippen LogP contribution in [-0.4, -0.2) is 36.8 Å². The maximum Gasteiger partial charge on any atom is 0.272 e. The molecule has 0 unspecified atom stereocenters. The van der Waals surface area contributed by atoms with E-state index in [-0.39, 0.29) is 11.6 Å². The van der Waals surface area contributed by atoms with E-state index in [4.69, 9.17) is 9.47 Å². The number of nitrogens with zero attached hydrogens (tertiary/aromatic N) is 2. The molecule has 0 saturated carbocycles. The Morgan fingerprint density at radius 1 is 1.15 bits per heavy atom. The molecule has 1 aliphatic rings. The Hall–Kier alpha value is -3.94. The minimum Gasteiger partial charge on any atom is -0.496 e. The highest BCUT2D eigenvalue weighted by molar-refractivity contribution is 5.96. The number of hydrogen-bond donors (Lipinski definition) is 1. The Labute approximate surface area is 188 Å². The smallest absolute Gasteiger partial charge is 0.272 e. The summed E-state index contributed by atoms with van der Waals surface area (Å²) in [6.07, 6.45) is 4.39. The minimum absolute atomic E-state index is 0.169. The van der Waals surface area contributed by atoms with Crippen LogP contribution in [0.3, 0.4) is 0 Å². The van der Waals surface area contributed by atoms with E-state index >= 15 is 0 Å². The molecule has 2 aromatic heterocycles. The van der Waals surface area contributed by atoms with Crippen molar-refractivity contribution >= 4 is 22.3 Å². The van der Waals surface area contributed by atoms with E-state index in [0.717, 1.165) is 22.2 Å². The second-order valence-corrected chi connectivity index (χ2v) is 7.84. The Kier molecular flexibility index (Phi) is 5.20. The SMILES string of the molecule is CCOc1c(N2CC=C(c3cc4c(-c5cc(F)ccc5OC)ccnc4[nH]3)CC2)c(=O)c1=O. The molecule has 33 heavy (non-hydrogen) atoms. The fourth-order valence-electron chi connectivity index (χ4n) is 4.37. The fourth-order valence-corrected chi connectivity index (χ4v) is 4.37. The molecular weight excluding hydrogens is 425 g/mol. The minimum atomic E-state index is -0.552. The lowest BCUT2D eigenvalue weighted by Crippen LogP contribution is -2.43. The number of H-pyrrole nitrogens is 1.